The smallest absolute Gasteiger partial charge is 0.338 e. The molecular formula is C7H11F4NO. The molecule has 1 amide bonds. The van der Waals surface area contributed by atoms with E-state index in [-0.39, 0.29) is 0 Å². The van der Waals surface area contributed by atoms with Gasteiger partial charge in [-0.15, -0.1) is 0 Å². The molecule has 13 heavy (non-hydrogen) atoms. The number of hydrogen-bond acceptors (Lipinski definition) is 1. The summed E-state index contributed by atoms with van der Waals surface area (Å²) in [7, 11) is 1.06. The van der Waals surface area contributed by atoms with Gasteiger partial charge in [0.05, 0.1) is 0 Å². The van der Waals surface area contributed by atoms with Gasteiger partial charge in [0.25, 0.3) is 5.91 Å². The topological polar surface area (TPSA) is 20.3 Å². The first-order valence-corrected chi connectivity index (χ1v) is 3.64. The van der Waals surface area contributed by atoms with Gasteiger partial charge in [0.1, 0.15) is 0 Å². The van der Waals surface area contributed by atoms with Crippen molar-refractivity contribution >= 4 is 5.91 Å². The summed E-state index contributed by atoms with van der Waals surface area (Å²) in [6, 6.07) is -0.530. The zero-order chi connectivity index (χ0) is 10.8. The van der Waals surface area contributed by atoms with Crippen molar-refractivity contribution in [2.24, 2.45) is 0 Å². The van der Waals surface area contributed by atoms with E-state index in [1.165, 1.54) is 13.8 Å². The average molecular weight is 201 g/mol. The van der Waals surface area contributed by atoms with E-state index in [9.17, 15) is 22.4 Å². The van der Waals surface area contributed by atoms with Gasteiger partial charge >= 0.3 is 12.3 Å². The van der Waals surface area contributed by atoms with Crippen LogP contribution in [-0.2, 0) is 4.79 Å². The lowest BCUT2D eigenvalue weighted by atomic mass is 10.2. The highest BCUT2D eigenvalue weighted by Gasteiger charge is 2.50. The summed E-state index contributed by atoms with van der Waals surface area (Å²) >= 11 is 0. The predicted octanol–water partition coefficient (Wildman–Crippen LogP) is 1.75. The molecule has 78 valence electrons. The number of carbonyl (C=O) groups is 1. The summed E-state index contributed by atoms with van der Waals surface area (Å²) in [5, 5.41) is 0. The molecule has 0 N–H and O–H groups in total. The summed E-state index contributed by atoms with van der Waals surface area (Å²) in [6.45, 7) is 2.92. The molecule has 2 nitrogen and oxygen atoms in total. The SMILES string of the molecule is CC(C)N(C)C(=O)C(F)(F)C(F)F. The lowest BCUT2D eigenvalue weighted by Crippen LogP contribution is -2.48. The van der Waals surface area contributed by atoms with Gasteiger partial charge in [0, 0.05) is 13.1 Å². The number of halogens is 4. The first-order chi connectivity index (χ1) is 5.71. The number of nitrogens with zero attached hydrogens (tertiary/aromatic N) is 1. The zero-order valence-electron chi connectivity index (χ0n) is 7.52. The Morgan fingerprint density at radius 1 is 1.31 bits per heavy atom. The highest BCUT2D eigenvalue weighted by molar-refractivity contribution is 5.83. The standard InChI is InChI=1S/C7H11F4NO/c1-4(2)12(3)6(13)7(10,11)5(8)9/h4-5H,1-3H3. The molecule has 0 rings (SSSR count). The second-order valence-electron chi connectivity index (χ2n) is 2.93. The van der Waals surface area contributed by atoms with E-state index >= 15 is 0 Å². The fraction of sp³-hybridized carbons (Fsp3) is 0.857. The van der Waals surface area contributed by atoms with E-state index in [4.69, 9.17) is 0 Å². The van der Waals surface area contributed by atoms with Gasteiger partial charge in [-0.2, -0.15) is 8.78 Å². The molecule has 0 saturated carbocycles. The molecule has 0 radical (unpaired) electrons. The van der Waals surface area contributed by atoms with Crippen LogP contribution in [0.15, 0.2) is 0 Å². The Balaban J connectivity index is 4.59. The Kier molecular flexibility index (Phi) is 3.69. The van der Waals surface area contributed by atoms with Crippen LogP contribution in [0.3, 0.4) is 0 Å². The normalized spacial score (nSPS) is 12.4. The van der Waals surface area contributed by atoms with Crippen LogP contribution >= 0.6 is 0 Å². The number of carbonyl (C=O) groups excluding carboxylic acids is 1. The molecule has 0 aliphatic heterocycles. The summed E-state index contributed by atoms with van der Waals surface area (Å²) in [6.07, 6.45) is -3.96. The van der Waals surface area contributed by atoms with E-state index in [0.717, 1.165) is 7.05 Å². The predicted molar refractivity (Wildman–Crippen MR) is 38.9 cm³/mol. The van der Waals surface area contributed by atoms with Crippen molar-refractivity contribution in [3.05, 3.63) is 0 Å². The molecule has 6 heteroatoms. The van der Waals surface area contributed by atoms with Crippen LogP contribution in [0.25, 0.3) is 0 Å². The molecule has 0 heterocycles. The third kappa shape index (κ3) is 2.57. The van der Waals surface area contributed by atoms with Crippen LogP contribution in [0.4, 0.5) is 17.6 Å². The Morgan fingerprint density at radius 2 is 1.69 bits per heavy atom. The fourth-order valence-corrected chi connectivity index (χ4v) is 0.563. The highest BCUT2D eigenvalue weighted by atomic mass is 19.3. The number of amides is 1. The Hall–Kier alpha value is -0.810. The van der Waals surface area contributed by atoms with Crippen LogP contribution in [0.1, 0.15) is 13.8 Å². The summed E-state index contributed by atoms with van der Waals surface area (Å²) in [5.41, 5.74) is 0. The van der Waals surface area contributed by atoms with Crippen molar-refractivity contribution in [2.75, 3.05) is 7.05 Å². The van der Waals surface area contributed by atoms with Gasteiger partial charge < -0.3 is 4.90 Å². The molecule has 0 aromatic carbocycles. The Labute approximate surface area is 73.5 Å². The van der Waals surface area contributed by atoms with Gasteiger partial charge in [-0.1, -0.05) is 0 Å². The molecule has 0 fully saturated rings. The summed E-state index contributed by atoms with van der Waals surface area (Å²) in [4.78, 5) is 11.3. The molecular weight excluding hydrogens is 190 g/mol. The molecule has 0 aromatic heterocycles. The molecule has 0 aliphatic rings. The van der Waals surface area contributed by atoms with Crippen LogP contribution in [0.5, 0.6) is 0 Å². The van der Waals surface area contributed by atoms with Crippen LogP contribution < -0.4 is 0 Å². The van der Waals surface area contributed by atoms with Crippen molar-refractivity contribution in [1.82, 2.24) is 4.90 Å². The fourth-order valence-electron chi connectivity index (χ4n) is 0.563. The van der Waals surface area contributed by atoms with E-state index in [1.807, 2.05) is 0 Å². The Bertz CT molecular complexity index is 193. The quantitative estimate of drug-likeness (QED) is 0.637. The first kappa shape index (κ1) is 12.2. The van der Waals surface area contributed by atoms with Crippen LogP contribution in [-0.4, -0.2) is 36.2 Å². The number of rotatable bonds is 3. The first-order valence-electron chi connectivity index (χ1n) is 3.64. The second kappa shape index (κ2) is 3.93. The number of alkyl halides is 4. The molecule has 0 saturated heterocycles. The minimum Gasteiger partial charge on any atom is -0.338 e. The van der Waals surface area contributed by atoms with Crippen molar-refractivity contribution < 1.29 is 22.4 Å². The van der Waals surface area contributed by atoms with Gasteiger partial charge in [0.15, 0.2) is 0 Å². The van der Waals surface area contributed by atoms with E-state index in [2.05, 4.69) is 0 Å². The van der Waals surface area contributed by atoms with Crippen LogP contribution in [0.2, 0.25) is 0 Å². The molecule has 0 bridgehead atoms. The minimum atomic E-state index is -4.58. The summed E-state index contributed by atoms with van der Waals surface area (Å²) < 4.78 is 48.2. The molecule has 0 aliphatic carbocycles. The van der Waals surface area contributed by atoms with E-state index < -0.39 is 24.3 Å². The lowest BCUT2D eigenvalue weighted by molar-refractivity contribution is -0.180. The van der Waals surface area contributed by atoms with Gasteiger partial charge in [0.2, 0.25) is 0 Å². The van der Waals surface area contributed by atoms with Crippen molar-refractivity contribution in [3.8, 4) is 0 Å². The maximum absolute atomic E-state index is 12.4. The van der Waals surface area contributed by atoms with Crippen molar-refractivity contribution in [2.45, 2.75) is 32.2 Å². The third-order valence-corrected chi connectivity index (χ3v) is 1.65. The number of hydrogen-bond donors (Lipinski definition) is 0. The minimum absolute atomic E-state index is 0.530. The maximum atomic E-state index is 12.4. The average Bonchev–Trinajstić information content (AvgIpc) is 2.01. The highest BCUT2D eigenvalue weighted by Crippen LogP contribution is 2.25. The zero-order valence-corrected chi connectivity index (χ0v) is 7.52. The maximum Gasteiger partial charge on any atom is 0.383 e. The van der Waals surface area contributed by atoms with Gasteiger partial charge in [-0.25, -0.2) is 8.78 Å². The molecule has 0 atom stereocenters. The van der Waals surface area contributed by atoms with Gasteiger partial charge in [-0.3, -0.25) is 4.79 Å². The third-order valence-electron chi connectivity index (χ3n) is 1.65. The Morgan fingerprint density at radius 3 is 1.92 bits per heavy atom. The summed E-state index contributed by atoms with van der Waals surface area (Å²) in [5.74, 6) is -6.43. The van der Waals surface area contributed by atoms with Crippen molar-refractivity contribution in [1.29, 1.82) is 0 Å². The second-order valence-corrected chi connectivity index (χ2v) is 2.93. The molecule has 0 unspecified atom stereocenters. The molecule has 0 spiro atoms. The van der Waals surface area contributed by atoms with Crippen molar-refractivity contribution in [3.63, 3.8) is 0 Å². The van der Waals surface area contributed by atoms with E-state index in [1.54, 1.807) is 0 Å². The largest absolute Gasteiger partial charge is 0.383 e. The van der Waals surface area contributed by atoms with E-state index in [0.29, 0.717) is 4.90 Å². The lowest BCUT2D eigenvalue weighted by Gasteiger charge is -2.25. The molecule has 0 aromatic rings. The van der Waals surface area contributed by atoms with Crippen LogP contribution in [0, 0.1) is 0 Å². The monoisotopic (exact) mass is 201 g/mol. The van der Waals surface area contributed by atoms with Gasteiger partial charge in [-0.05, 0) is 13.8 Å².